The fraction of sp³-hybridized carbons (Fsp3) is 0.0588. The second kappa shape index (κ2) is 5.17. The van der Waals surface area contributed by atoms with Crippen LogP contribution in [0.2, 0.25) is 0 Å². The standard InChI is InChI=1S/C17H13N5O3/c1-21-8-10(7-19-21)9-2-4-11(5-3-9)22-13(23)6-12-14(15(22)18)17(25)20-16(12)24/h2-8H,18H2,1H3,(H,20,24,25). The molecule has 0 radical (unpaired) electrons. The van der Waals surface area contributed by atoms with Crippen molar-refractivity contribution in [3.05, 3.63) is 64.2 Å². The molecule has 2 amide bonds. The van der Waals surface area contributed by atoms with Crippen LogP contribution in [0.25, 0.3) is 16.8 Å². The third kappa shape index (κ3) is 2.23. The Morgan fingerprint density at radius 1 is 1.04 bits per heavy atom. The SMILES string of the molecule is Cn1cc(-c2ccc(-n3c(N)c4c(cc3=O)C(=O)NC4=O)cc2)cn1. The fourth-order valence-corrected chi connectivity index (χ4v) is 2.92. The predicted molar refractivity (Wildman–Crippen MR) is 90.5 cm³/mol. The van der Waals surface area contributed by atoms with Gasteiger partial charge in [0.15, 0.2) is 0 Å². The maximum atomic E-state index is 12.4. The third-order valence-corrected chi connectivity index (χ3v) is 4.12. The molecule has 0 atom stereocenters. The Balaban J connectivity index is 1.83. The molecule has 25 heavy (non-hydrogen) atoms. The van der Waals surface area contributed by atoms with Crippen LogP contribution in [0.5, 0.6) is 0 Å². The maximum Gasteiger partial charge on any atom is 0.262 e. The molecular weight excluding hydrogens is 322 g/mol. The van der Waals surface area contributed by atoms with E-state index in [1.165, 1.54) is 4.57 Å². The van der Waals surface area contributed by atoms with Gasteiger partial charge in [0.25, 0.3) is 17.4 Å². The third-order valence-electron chi connectivity index (χ3n) is 4.12. The average Bonchev–Trinajstić information content (AvgIpc) is 3.12. The molecule has 0 aliphatic carbocycles. The summed E-state index contributed by atoms with van der Waals surface area (Å²) in [6, 6.07) is 8.23. The molecule has 4 rings (SSSR count). The molecule has 8 heteroatoms. The number of nitrogens with zero attached hydrogens (tertiary/aromatic N) is 3. The van der Waals surface area contributed by atoms with Crippen molar-refractivity contribution in [3.63, 3.8) is 0 Å². The normalized spacial score (nSPS) is 13.0. The van der Waals surface area contributed by atoms with Gasteiger partial charge in [0.05, 0.1) is 23.0 Å². The largest absolute Gasteiger partial charge is 0.384 e. The fourth-order valence-electron chi connectivity index (χ4n) is 2.92. The number of pyridine rings is 1. The molecule has 1 aliphatic rings. The molecule has 0 spiro atoms. The van der Waals surface area contributed by atoms with Crippen molar-refractivity contribution in [2.75, 3.05) is 5.73 Å². The van der Waals surface area contributed by atoms with Crippen LogP contribution in [0.4, 0.5) is 5.82 Å². The smallest absolute Gasteiger partial charge is 0.262 e. The molecule has 0 saturated carbocycles. The van der Waals surface area contributed by atoms with Gasteiger partial charge in [0.1, 0.15) is 5.82 Å². The molecular formula is C17H13N5O3. The molecule has 0 fully saturated rings. The molecule has 1 aromatic carbocycles. The second-order valence-electron chi connectivity index (χ2n) is 5.72. The molecule has 124 valence electrons. The quantitative estimate of drug-likeness (QED) is 0.670. The van der Waals surface area contributed by atoms with Gasteiger partial charge in [-0.1, -0.05) is 12.1 Å². The summed E-state index contributed by atoms with van der Waals surface area (Å²) in [5, 5.41) is 6.26. The zero-order valence-corrected chi connectivity index (χ0v) is 13.2. The summed E-state index contributed by atoms with van der Waals surface area (Å²) in [7, 11) is 1.83. The number of nitrogens with two attached hydrogens (primary N) is 1. The van der Waals surface area contributed by atoms with Gasteiger partial charge in [0.2, 0.25) is 0 Å². The van der Waals surface area contributed by atoms with Crippen LogP contribution in [0, 0.1) is 0 Å². The van der Waals surface area contributed by atoms with Crippen LogP contribution in [0.1, 0.15) is 20.7 Å². The van der Waals surface area contributed by atoms with Gasteiger partial charge in [-0.25, -0.2) is 0 Å². The van der Waals surface area contributed by atoms with Gasteiger partial charge in [-0.2, -0.15) is 5.10 Å². The highest BCUT2D eigenvalue weighted by Crippen LogP contribution is 2.24. The minimum Gasteiger partial charge on any atom is -0.384 e. The Morgan fingerprint density at radius 2 is 1.76 bits per heavy atom. The highest BCUT2D eigenvalue weighted by molar-refractivity contribution is 6.23. The number of benzene rings is 1. The van der Waals surface area contributed by atoms with E-state index in [-0.39, 0.29) is 16.9 Å². The summed E-state index contributed by atoms with van der Waals surface area (Å²) in [4.78, 5) is 36.0. The summed E-state index contributed by atoms with van der Waals surface area (Å²) < 4.78 is 2.91. The number of imide groups is 1. The van der Waals surface area contributed by atoms with Crippen LogP contribution in [-0.2, 0) is 7.05 Å². The number of carbonyl (C=O) groups is 2. The lowest BCUT2D eigenvalue weighted by atomic mass is 10.1. The first-order chi connectivity index (χ1) is 12.0. The number of hydrogen-bond acceptors (Lipinski definition) is 5. The number of amides is 2. The van der Waals surface area contributed by atoms with Crippen molar-refractivity contribution in [3.8, 4) is 16.8 Å². The number of aryl methyl sites for hydroxylation is 1. The van der Waals surface area contributed by atoms with Crippen molar-refractivity contribution in [1.82, 2.24) is 19.7 Å². The Bertz CT molecular complexity index is 1090. The van der Waals surface area contributed by atoms with Crippen molar-refractivity contribution in [1.29, 1.82) is 0 Å². The molecule has 0 saturated heterocycles. The highest BCUT2D eigenvalue weighted by Gasteiger charge is 2.31. The summed E-state index contributed by atoms with van der Waals surface area (Å²) in [6.07, 6.45) is 3.61. The van der Waals surface area contributed by atoms with Gasteiger partial charge >= 0.3 is 0 Å². The average molecular weight is 335 g/mol. The van der Waals surface area contributed by atoms with Gasteiger partial charge in [0, 0.05) is 24.9 Å². The zero-order valence-electron chi connectivity index (χ0n) is 13.2. The van der Waals surface area contributed by atoms with E-state index in [1.54, 1.807) is 23.0 Å². The van der Waals surface area contributed by atoms with Gasteiger partial charge in [-0.05, 0) is 17.7 Å². The van der Waals surface area contributed by atoms with E-state index < -0.39 is 17.4 Å². The molecule has 3 aromatic rings. The number of aromatic nitrogens is 3. The number of nitrogen functional groups attached to an aromatic ring is 1. The van der Waals surface area contributed by atoms with Crippen LogP contribution < -0.4 is 16.6 Å². The molecule has 8 nitrogen and oxygen atoms in total. The summed E-state index contributed by atoms with van der Waals surface area (Å²) in [5.74, 6) is -1.26. The van der Waals surface area contributed by atoms with Crippen molar-refractivity contribution >= 4 is 17.6 Å². The first kappa shape index (κ1) is 14.9. The van der Waals surface area contributed by atoms with E-state index in [0.717, 1.165) is 17.2 Å². The van der Waals surface area contributed by atoms with Crippen molar-refractivity contribution in [2.45, 2.75) is 0 Å². The van der Waals surface area contributed by atoms with Crippen molar-refractivity contribution in [2.24, 2.45) is 7.05 Å². The topological polar surface area (TPSA) is 112 Å². The number of anilines is 1. The number of rotatable bonds is 2. The molecule has 0 unspecified atom stereocenters. The highest BCUT2D eigenvalue weighted by atomic mass is 16.2. The van der Waals surface area contributed by atoms with Crippen molar-refractivity contribution < 1.29 is 9.59 Å². The summed E-state index contributed by atoms with van der Waals surface area (Å²) in [5.41, 5.74) is 7.94. The molecule has 1 aliphatic heterocycles. The lowest BCUT2D eigenvalue weighted by molar-refractivity contribution is 0.0880. The second-order valence-corrected chi connectivity index (χ2v) is 5.72. The minimum atomic E-state index is -0.608. The lowest BCUT2D eigenvalue weighted by Crippen LogP contribution is -2.24. The Hall–Kier alpha value is -3.68. The zero-order chi connectivity index (χ0) is 17.7. The number of hydrogen-bond donors (Lipinski definition) is 2. The molecule has 3 heterocycles. The molecule has 0 bridgehead atoms. The van der Waals surface area contributed by atoms with E-state index in [0.29, 0.717) is 5.69 Å². The van der Waals surface area contributed by atoms with E-state index in [2.05, 4.69) is 10.4 Å². The van der Waals surface area contributed by atoms with E-state index >= 15 is 0 Å². The van der Waals surface area contributed by atoms with Crippen LogP contribution in [-0.4, -0.2) is 26.2 Å². The monoisotopic (exact) mass is 335 g/mol. The Labute approximate surface area is 141 Å². The minimum absolute atomic E-state index is 0.00994. The number of carbonyl (C=O) groups excluding carboxylic acids is 2. The van der Waals surface area contributed by atoms with E-state index in [1.807, 2.05) is 25.4 Å². The predicted octanol–water partition coefficient (Wildman–Crippen LogP) is 0.704. The molecule has 3 N–H and O–H groups in total. The number of fused-ring (bicyclic) bond motifs is 1. The first-order valence-corrected chi connectivity index (χ1v) is 7.46. The Morgan fingerprint density at radius 3 is 2.40 bits per heavy atom. The van der Waals surface area contributed by atoms with Gasteiger partial charge < -0.3 is 5.73 Å². The van der Waals surface area contributed by atoms with E-state index in [9.17, 15) is 14.4 Å². The summed E-state index contributed by atoms with van der Waals surface area (Å²) in [6.45, 7) is 0. The Kier molecular flexibility index (Phi) is 3.08. The van der Waals surface area contributed by atoms with Gasteiger partial charge in [-0.15, -0.1) is 0 Å². The van der Waals surface area contributed by atoms with Gasteiger partial charge in [-0.3, -0.25) is 28.9 Å². The first-order valence-electron chi connectivity index (χ1n) is 7.46. The lowest BCUT2D eigenvalue weighted by Gasteiger charge is -2.12. The summed E-state index contributed by atoms with van der Waals surface area (Å²) >= 11 is 0. The van der Waals surface area contributed by atoms with Crippen LogP contribution in [0.3, 0.4) is 0 Å². The number of nitrogens with one attached hydrogen (secondary N) is 1. The van der Waals surface area contributed by atoms with E-state index in [4.69, 9.17) is 5.73 Å². The maximum absolute atomic E-state index is 12.4. The van der Waals surface area contributed by atoms with Crippen LogP contribution in [0.15, 0.2) is 47.5 Å². The van der Waals surface area contributed by atoms with Crippen LogP contribution >= 0.6 is 0 Å². The molecule has 2 aromatic heterocycles.